The number of anilines is 1. The minimum Gasteiger partial charge on any atom is -0.497 e. The number of benzene rings is 1. The second-order valence-corrected chi connectivity index (χ2v) is 8.41. The van der Waals surface area contributed by atoms with Crippen LogP contribution in [0.25, 0.3) is 11.4 Å². The number of nitrogens with one attached hydrogen (secondary N) is 1. The quantitative estimate of drug-likeness (QED) is 0.415. The highest BCUT2D eigenvalue weighted by molar-refractivity contribution is 7.99. The second-order valence-electron chi connectivity index (χ2n) is 6.21. The van der Waals surface area contributed by atoms with Gasteiger partial charge in [0.15, 0.2) is 11.0 Å². The zero-order chi connectivity index (χ0) is 21.7. The van der Waals surface area contributed by atoms with Crippen LogP contribution in [0.5, 0.6) is 5.75 Å². The number of aromatic nitrogens is 3. The number of ether oxygens (including phenoxy) is 2. The molecule has 0 aliphatic heterocycles. The number of hydrogen-bond donors (Lipinski definition) is 1. The molecule has 3 aromatic rings. The van der Waals surface area contributed by atoms with Gasteiger partial charge in [-0.2, -0.15) is 0 Å². The molecule has 0 bridgehead atoms. The van der Waals surface area contributed by atoms with E-state index >= 15 is 0 Å². The molecule has 2 aromatic heterocycles. The Balaban J connectivity index is 1.71. The molecule has 1 N–H and O–H groups in total. The summed E-state index contributed by atoms with van der Waals surface area (Å²) < 4.78 is 12.0. The number of carbonyl (C=O) groups is 2. The van der Waals surface area contributed by atoms with E-state index in [0.717, 1.165) is 16.2 Å². The van der Waals surface area contributed by atoms with E-state index in [2.05, 4.69) is 15.5 Å². The molecule has 30 heavy (non-hydrogen) atoms. The van der Waals surface area contributed by atoms with Crippen molar-refractivity contribution in [1.82, 2.24) is 14.8 Å². The van der Waals surface area contributed by atoms with Gasteiger partial charge in [-0.25, -0.2) is 4.79 Å². The summed E-state index contributed by atoms with van der Waals surface area (Å²) in [4.78, 5) is 25.2. The van der Waals surface area contributed by atoms with Crippen molar-refractivity contribution in [3.8, 4) is 17.1 Å². The summed E-state index contributed by atoms with van der Waals surface area (Å²) in [7, 11) is 2.93. The lowest BCUT2D eigenvalue weighted by Crippen LogP contribution is -2.16. The summed E-state index contributed by atoms with van der Waals surface area (Å²) in [6.45, 7) is 4.51. The Morgan fingerprint density at radius 3 is 2.73 bits per heavy atom. The Kier molecular flexibility index (Phi) is 7.11. The number of nitrogens with zero attached hydrogens (tertiary/aromatic N) is 3. The van der Waals surface area contributed by atoms with Crippen molar-refractivity contribution >= 4 is 40.0 Å². The molecule has 0 unspecified atom stereocenters. The summed E-state index contributed by atoms with van der Waals surface area (Å²) in [6.07, 6.45) is 0. The number of hydrogen-bond acceptors (Lipinski definition) is 8. The first-order chi connectivity index (χ1) is 14.5. The Morgan fingerprint density at radius 2 is 2.03 bits per heavy atom. The van der Waals surface area contributed by atoms with Crippen molar-refractivity contribution in [3.05, 3.63) is 40.8 Å². The van der Waals surface area contributed by atoms with E-state index in [1.165, 1.54) is 30.2 Å². The number of rotatable bonds is 8. The predicted molar refractivity (Wildman–Crippen MR) is 117 cm³/mol. The largest absolute Gasteiger partial charge is 0.497 e. The maximum absolute atomic E-state index is 12.5. The van der Waals surface area contributed by atoms with Crippen molar-refractivity contribution in [2.24, 2.45) is 0 Å². The van der Waals surface area contributed by atoms with Crippen LogP contribution in [0.3, 0.4) is 0 Å². The number of methoxy groups -OCH3 is 2. The smallest absolute Gasteiger partial charge is 0.340 e. The molecule has 10 heteroatoms. The molecule has 0 radical (unpaired) electrons. The van der Waals surface area contributed by atoms with Crippen LogP contribution in [-0.4, -0.2) is 46.6 Å². The zero-order valence-corrected chi connectivity index (χ0v) is 18.7. The van der Waals surface area contributed by atoms with Gasteiger partial charge in [-0.15, -0.1) is 21.5 Å². The third-order valence-corrected chi connectivity index (χ3v) is 6.14. The fourth-order valence-electron chi connectivity index (χ4n) is 2.82. The van der Waals surface area contributed by atoms with Crippen LogP contribution in [0.15, 0.2) is 35.5 Å². The van der Waals surface area contributed by atoms with Gasteiger partial charge in [-0.05, 0) is 32.0 Å². The first-order valence-electron chi connectivity index (χ1n) is 9.15. The van der Waals surface area contributed by atoms with E-state index in [1.54, 1.807) is 13.2 Å². The van der Waals surface area contributed by atoms with Gasteiger partial charge in [0.25, 0.3) is 0 Å². The summed E-state index contributed by atoms with van der Waals surface area (Å²) in [6, 6.07) is 9.29. The summed E-state index contributed by atoms with van der Waals surface area (Å²) in [5, 5.41) is 12.5. The number of aryl methyl sites for hydroxylation is 1. The number of thioether (sulfide) groups is 1. The van der Waals surface area contributed by atoms with Crippen LogP contribution in [0, 0.1) is 6.92 Å². The van der Waals surface area contributed by atoms with Crippen molar-refractivity contribution in [2.75, 3.05) is 25.3 Å². The van der Waals surface area contributed by atoms with E-state index in [0.29, 0.717) is 28.1 Å². The first-order valence-corrected chi connectivity index (χ1v) is 11.0. The molecule has 2 heterocycles. The molecule has 158 valence electrons. The number of esters is 1. The lowest BCUT2D eigenvalue weighted by molar-refractivity contribution is -0.113. The Labute approximate surface area is 182 Å². The van der Waals surface area contributed by atoms with E-state index < -0.39 is 5.97 Å². The fraction of sp³-hybridized carbons (Fsp3) is 0.300. The molecular formula is C20H22N4O4S2. The molecule has 1 amide bonds. The molecule has 1 aromatic carbocycles. The summed E-state index contributed by atoms with van der Waals surface area (Å²) in [5.74, 6) is 0.866. The zero-order valence-electron chi connectivity index (χ0n) is 17.1. The molecule has 0 saturated heterocycles. The fourth-order valence-corrected chi connectivity index (χ4v) is 4.54. The number of amides is 1. The lowest BCUT2D eigenvalue weighted by Gasteiger charge is -2.09. The highest BCUT2D eigenvalue weighted by Crippen LogP contribution is 2.29. The minimum atomic E-state index is -0.476. The first kappa shape index (κ1) is 21.8. The average Bonchev–Trinajstić information content (AvgIpc) is 3.34. The molecule has 0 atom stereocenters. The Bertz CT molecular complexity index is 1060. The van der Waals surface area contributed by atoms with Gasteiger partial charge in [0, 0.05) is 17.0 Å². The Morgan fingerprint density at radius 1 is 1.23 bits per heavy atom. The van der Waals surface area contributed by atoms with Crippen LogP contribution >= 0.6 is 23.1 Å². The van der Waals surface area contributed by atoms with Gasteiger partial charge < -0.3 is 19.4 Å². The van der Waals surface area contributed by atoms with Crippen LogP contribution in [-0.2, 0) is 16.1 Å². The summed E-state index contributed by atoms with van der Waals surface area (Å²) in [5.41, 5.74) is 1.24. The maximum Gasteiger partial charge on any atom is 0.340 e. The molecule has 0 saturated carbocycles. The van der Waals surface area contributed by atoms with Gasteiger partial charge in [-0.3, -0.25) is 4.79 Å². The van der Waals surface area contributed by atoms with E-state index in [-0.39, 0.29) is 11.7 Å². The van der Waals surface area contributed by atoms with E-state index in [9.17, 15) is 9.59 Å². The third-order valence-electron chi connectivity index (χ3n) is 4.21. The lowest BCUT2D eigenvalue weighted by atomic mass is 10.2. The van der Waals surface area contributed by atoms with E-state index in [4.69, 9.17) is 9.47 Å². The van der Waals surface area contributed by atoms with Gasteiger partial charge in [0.2, 0.25) is 5.91 Å². The van der Waals surface area contributed by atoms with Crippen molar-refractivity contribution in [3.63, 3.8) is 0 Å². The van der Waals surface area contributed by atoms with Gasteiger partial charge in [-0.1, -0.05) is 23.9 Å². The third kappa shape index (κ3) is 4.82. The predicted octanol–water partition coefficient (Wildman–Crippen LogP) is 3.86. The molecule has 0 spiro atoms. The SMILES string of the molecule is CCn1c(SCC(=O)Nc2sc(C)cc2C(=O)OC)nnc1-c1cccc(OC)c1. The van der Waals surface area contributed by atoms with Crippen LogP contribution in [0.2, 0.25) is 0 Å². The van der Waals surface area contributed by atoms with Crippen molar-refractivity contribution < 1.29 is 19.1 Å². The van der Waals surface area contributed by atoms with Gasteiger partial charge >= 0.3 is 5.97 Å². The maximum atomic E-state index is 12.5. The molecule has 0 aliphatic carbocycles. The van der Waals surface area contributed by atoms with Gasteiger partial charge in [0.05, 0.1) is 25.5 Å². The molecule has 0 aliphatic rings. The molecular weight excluding hydrogens is 424 g/mol. The van der Waals surface area contributed by atoms with Crippen LogP contribution in [0.1, 0.15) is 22.2 Å². The molecule has 3 rings (SSSR count). The number of thiophene rings is 1. The second kappa shape index (κ2) is 9.77. The highest BCUT2D eigenvalue weighted by atomic mass is 32.2. The highest BCUT2D eigenvalue weighted by Gasteiger charge is 2.19. The monoisotopic (exact) mass is 446 g/mol. The topological polar surface area (TPSA) is 95.3 Å². The van der Waals surface area contributed by atoms with Gasteiger partial charge in [0.1, 0.15) is 10.8 Å². The minimum absolute atomic E-state index is 0.133. The van der Waals surface area contributed by atoms with Crippen molar-refractivity contribution in [1.29, 1.82) is 0 Å². The molecule has 8 nitrogen and oxygen atoms in total. The Hall–Kier alpha value is -2.85. The van der Waals surface area contributed by atoms with Crippen LogP contribution < -0.4 is 10.1 Å². The molecule has 0 fully saturated rings. The summed E-state index contributed by atoms with van der Waals surface area (Å²) >= 11 is 2.62. The van der Waals surface area contributed by atoms with E-state index in [1.807, 2.05) is 42.7 Å². The normalized spacial score (nSPS) is 10.7. The standard InChI is InChI=1S/C20H22N4O4S2/c1-5-24-17(13-7-6-8-14(10-13)27-3)22-23-20(24)29-11-16(25)21-18-15(19(26)28-4)9-12(2)30-18/h6-10H,5,11H2,1-4H3,(H,21,25). The number of carbonyl (C=O) groups excluding carboxylic acids is 2. The van der Waals surface area contributed by atoms with Crippen LogP contribution in [0.4, 0.5) is 5.00 Å². The average molecular weight is 447 g/mol. The van der Waals surface area contributed by atoms with Crippen molar-refractivity contribution in [2.45, 2.75) is 25.5 Å².